The molecule has 1 unspecified atom stereocenters. The number of nitrogens with zero attached hydrogens (tertiary/aromatic N) is 2. The van der Waals surface area contributed by atoms with Crippen LogP contribution in [-0.2, 0) is 6.54 Å². The van der Waals surface area contributed by atoms with Crippen molar-refractivity contribution in [3.05, 3.63) is 46.5 Å². The quantitative estimate of drug-likeness (QED) is 0.924. The second kappa shape index (κ2) is 4.98. The molecule has 19 heavy (non-hydrogen) atoms. The number of fused-ring (bicyclic) bond motifs is 1. The van der Waals surface area contributed by atoms with Crippen molar-refractivity contribution in [3.63, 3.8) is 0 Å². The van der Waals surface area contributed by atoms with Gasteiger partial charge < -0.3 is 15.0 Å². The van der Waals surface area contributed by atoms with Crippen molar-refractivity contribution in [2.75, 3.05) is 0 Å². The van der Waals surface area contributed by atoms with Crippen LogP contribution < -0.4 is 10.5 Å². The first kappa shape index (κ1) is 12.7. The van der Waals surface area contributed by atoms with E-state index in [0.717, 1.165) is 34.4 Å². The summed E-state index contributed by atoms with van der Waals surface area (Å²) in [6, 6.07) is 5.97. The van der Waals surface area contributed by atoms with E-state index in [4.69, 9.17) is 10.5 Å². The highest BCUT2D eigenvalue weighted by molar-refractivity contribution is 9.10. The Morgan fingerprint density at radius 1 is 1.53 bits per heavy atom. The molecule has 0 saturated carbocycles. The zero-order valence-corrected chi connectivity index (χ0v) is 12.3. The molecule has 2 heterocycles. The minimum absolute atomic E-state index is 0.00791. The molecular weight excluding hydrogens is 306 g/mol. The van der Waals surface area contributed by atoms with Crippen LogP contribution in [-0.4, -0.2) is 9.55 Å². The van der Waals surface area contributed by atoms with E-state index in [2.05, 4.69) is 32.4 Å². The van der Waals surface area contributed by atoms with Crippen molar-refractivity contribution >= 4 is 15.9 Å². The molecule has 0 spiro atoms. The highest BCUT2D eigenvalue weighted by atomic mass is 79.9. The van der Waals surface area contributed by atoms with E-state index in [0.29, 0.717) is 0 Å². The Hall–Kier alpha value is -1.33. The number of halogens is 1. The summed E-state index contributed by atoms with van der Waals surface area (Å²) in [6.07, 6.45) is 4.45. The molecule has 5 heteroatoms. The second-order valence-corrected chi connectivity index (χ2v) is 5.65. The number of hydrogen-bond donors (Lipinski definition) is 1. The van der Waals surface area contributed by atoms with E-state index in [9.17, 15) is 0 Å². The summed E-state index contributed by atoms with van der Waals surface area (Å²) in [5.41, 5.74) is 8.43. The molecule has 0 bridgehead atoms. The standard InChI is InChI=1S/C14H16BrN3O/c1-2-18-8-17-7-12(18)14-6-11(16)10-5-9(15)3-4-13(10)19-14/h3-5,7-8,11,14H,2,6,16H2,1H3/t11-,14?/m0/s1. The van der Waals surface area contributed by atoms with Crippen molar-refractivity contribution < 1.29 is 4.74 Å². The first-order valence-electron chi connectivity index (χ1n) is 6.40. The fourth-order valence-electron chi connectivity index (χ4n) is 2.52. The largest absolute Gasteiger partial charge is 0.484 e. The van der Waals surface area contributed by atoms with Crippen LogP contribution >= 0.6 is 15.9 Å². The molecule has 1 aliphatic heterocycles. The van der Waals surface area contributed by atoms with Crippen molar-refractivity contribution in [3.8, 4) is 5.75 Å². The van der Waals surface area contributed by atoms with Gasteiger partial charge in [0.2, 0.25) is 0 Å². The Morgan fingerprint density at radius 3 is 3.16 bits per heavy atom. The van der Waals surface area contributed by atoms with Gasteiger partial charge in [-0.1, -0.05) is 15.9 Å². The number of nitrogens with two attached hydrogens (primary N) is 1. The molecule has 0 radical (unpaired) electrons. The highest BCUT2D eigenvalue weighted by Gasteiger charge is 2.29. The van der Waals surface area contributed by atoms with Crippen molar-refractivity contribution in [2.45, 2.75) is 32.0 Å². The molecule has 1 aromatic heterocycles. The minimum Gasteiger partial charge on any atom is -0.484 e. The number of aromatic nitrogens is 2. The van der Waals surface area contributed by atoms with Crippen LogP contribution in [0, 0.1) is 0 Å². The molecular formula is C14H16BrN3O. The van der Waals surface area contributed by atoms with Crippen LogP contribution in [0.3, 0.4) is 0 Å². The lowest BCUT2D eigenvalue weighted by atomic mass is 9.96. The van der Waals surface area contributed by atoms with Crippen LogP contribution in [0.15, 0.2) is 35.2 Å². The monoisotopic (exact) mass is 321 g/mol. The third-order valence-corrected chi connectivity index (χ3v) is 4.02. The topological polar surface area (TPSA) is 53.1 Å². The number of aryl methyl sites for hydroxylation is 1. The van der Waals surface area contributed by atoms with Gasteiger partial charge in [0.15, 0.2) is 0 Å². The Balaban J connectivity index is 1.95. The number of benzene rings is 1. The highest BCUT2D eigenvalue weighted by Crippen LogP contribution is 2.40. The molecule has 3 rings (SSSR count). The summed E-state index contributed by atoms with van der Waals surface area (Å²) in [4.78, 5) is 4.20. The smallest absolute Gasteiger partial charge is 0.142 e. The lowest BCUT2D eigenvalue weighted by molar-refractivity contribution is 0.153. The van der Waals surface area contributed by atoms with Gasteiger partial charge in [-0.05, 0) is 25.1 Å². The summed E-state index contributed by atoms with van der Waals surface area (Å²) in [5, 5.41) is 0. The Morgan fingerprint density at radius 2 is 2.37 bits per heavy atom. The van der Waals surface area contributed by atoms with Crippen LogP contribution in [0.2, 0.25) is 0 Å². The zero-order chi connectivity index (χ0) is 13.4. The summed E-state index contributed by atoms with van der Waals surface area (Å²) < 4.78 is 9.21. The van der Waals surface area contributed by atoms with Crippen LogP contribution in [0.25, 0.3) is 0 Å². The van der Waals surface area contributed by atoms with Crippen molar-refractivity contribution in [2.24, 2.45) is 5.73 Å². The van der Waals surface area contributed by atoms with E-state index < -0.39 is 0 Å². The van der Waals surface area contributed by atoms with Gasteiger partial charge in [0.1, 0.15) is 11.9 Å². The first-order chi connectivity index (χ1) is 9.19. The second-order valence-electron chi connectivity index (χ2n) is 4.74. The summed E-state index contributed by atoms with van der Waals surface area (Å²) in [6.45, 7) is 2.98. The molecule has 1 aliphatic rings. The van der Waals surface area contributed by atoms with Gasteiger partial charge in [-0.2, -0.15) is 0 Å². The molecule has 2 atom stereocenters. The molecule has 1 aromatic carbocycles. The molecule has 100 valence electrons. The molecule has 2 aromatic rings. The van der Waals surface area contributed by atoms with Gasteiger partial charge in [0.05, 0.1) is 18.2 Å². The lowest BCUT2D eigenvalue weighted by Crippen LogP contribution is -2.25. The Kier molecular flexibility index (Phi) is 3.33. The van der Waals surface area contributed by atoms with Crippen molar-refractivity contribution in [1.29, 1.82) is 0 Å². The maximum absolute atomic E-state index is 6.27. The normalized spacial score (nSPS) is 21.8. The maximum atomic E-state index is 6.27. The van der Waals surface area contributed by atoms with E-state index in [1.165, 1.54) is 0 Å². The third kappa shape index (κ3) is 2.28. The van der Waals surface area contributed by atoms with E-state index in [1.807, 2.05) is 30.7 Å². The minimum atomic E-state index is -0.0221. The van der Waals surface area contributed by atoms with Gasteiger partial charge in [-0.15, -0.1) is 0 Å². The summed E-state index contributed by atoms with van der Waals surface area (Å²) >= 11 is 3.47. The maximum Gasteiger partial charge on any atom is 0.142 e. The fourth-order valence-corrected chi connectivity index (χ4v) is 2.90. The van der Waals surface area contributed by atoms with Crippen LogP contribution in [0.1, 0.15) is 36.7 Å². The van der Waals surface area contributed by atoms with Gasteiger partial charge in [-0.25, -0.2) is 4.98 Å². The number of imidazole rings is 1. The first-order valence-corrected chi connectivity index (χ1v) is 7.20. The number of hydrogen-bond acceptors (Lipinski definition) is 3. The SMILES string of the molecule is CCn1cncc1C1C[C@H](N)c2cc(Br)ccc2O1. The van der Waals surface area contributed by atoms with E-state index >= 15 is 0 Å². The van der Waals surface area contributed by atoms with Gasteiger partial charge in [0, 0.05) is 29.0 Å². The molecule has 2 N–H and O–H groups in total. The molecule has 0 amide bonds. The molecule has 0 saturated heterocycles. The van der Waals surface area contributed by atoms with Gasteiger partial charge in [0.25, 0.3) is 0 Å². The Bertz CT molecular complexity index is 596. The number of rotatable bonds is 2. The van der Waals surface area contributed by atoms with E-state index in [-0.39, 0.29) is 12.1 Å². The average molecular weight is 322 g/mol. The summed E-state index contributed by atoms with van der Waals surface area (Å²) in [5.74, 6) is 0.871. The Labute approximate surface area is 120 Å². The predicted octanol–water partition coefficient (Wildman–Crippen LogP) is 3.19. The average Bonchev–Trinajstić information content (AvgIpc) is 2.87. The fraction of sp³-hybridized carbons (Fsp3) is 0.357. The number of ether oxygens (including phenoxy) is 1. The predicted molar refractivity (Wildman–Crippen MR) is 77.0 cm³/mol. The molecule has 0 fully saturated rings. The zero-order valence-electron chi connectivity index (χ0n) is 10.7. The molecule has 0 aliphatic carbocycles. The van der Waals surface area contributed by atoms with Crippen molar-refractivity contribution in [1.82, 2.24) is 9.55 Å². The van der Waals surface area contributed by atoms with Gasteiger partial charge in [-0.3, -0.25) is 0 Å². The van der Waals surface area contributed by atoms with Crippen LogP contribution in [0.4, 0.5) is 0 Å². The van der Waals surface area contributed by atoms with Crippen LogP contribution in [0.5, 0.6) is 5.75 Å². The lowest BCUT2D eigenvalue weighted by Gasteiger charge is -2.30. The van der Waals surface area contributed by atoms with E-state index in [1.54, 1.807) is 0 Å². The molecule has 4 nitrogen and oxygen atoms in total. The van der Waals surface area contributed by atoms with Gasteiger partial charge >= 0.3 is 0 Å². The third-order valence-electron chi connectivity index (χ3n) is 3.52. The summed E-state index contributed by atoms with van der Waals surface area (Å²) in [7, 11) is 0.